The standard InChI is InChI=1S/C16H20N4O2S/c1-16(2,3)22-15(21)20-9-8-11-6-5-7-12(13(11)20)19-14(23-4)18-10-17/h5-7H,8-9H2,1-4H3,(H,18,19). The molecule has 1 aliphatic rings. The van der Waals surface area contributed by atoms with Gasteiger partial charge in [-0.1, -0.05) is 23.9 Å². The van der Waals surface area contributed by atoms with Gasteiger partial charge in [-0.2, -0.15) is 5.26 Å². The quantitative estimate of drug-likeness (QED) is 0.369. The van der Waals surface area contributed by atoms with Crippen molar-refractivity contribution in [1.29, 1.82) is 5.26 Å². The van der Waals surface area contributed by atoms with E-state index in [1.165, 1.54) is 11.8 Å². The number of nitrogens with one attached hydrogen (secondary N) is 1. The first kappa shape index (κ1) is 17.2. The maximum Gasteiger partial charge on any atom is 0.414 e. The summed E-state index contributed by atoms with van der Waals surface area (Å²) in [6, 6.07) is 5.71. The third kappa shape index (κ3) is 4.17. The van der Waals surface area contributed by atoms with E-state index in [-0.39, 0.29) is 6.09 Å². The van der Waals surface area contributed by atoms with E-state index in [0.717, 1.165) is 17.7 Å². The summed E-state index contributed by atoms with van der Waals surface area (Å²) in [7, 11) is 0. The molecule has 122 valence electrons. The first-order chi connectivity index (χ1) is 10.9. The molecule has 7 heteroatoms. The molecular formula is C16H20N4O2S. The third-order valence-corrected chi connectivity index (χ3v) is 3.75. The van der Waals surface area contributed by atoms with Crippen LogP contribution in [-0.4, -0.2) is 29.7 Å². The number of hydrogen-bond donors (Lipinski definition) is 1. The molecule has 0 saturated carbocycles. The van der Waals surface area contributed by atoms with Crippen LogP contribution in [0.25, 0.3) is 0 Å². The van der Waals surface area contributed by atoms with Gasteiger partial charge in [0.05, 0.1) is 11.4 Å². The molecule has 2 rings (SSSR count). The Hall–Kier alpha value is -2.20. The van der Waals surface area contributed by atoms with E-state index >= 15 is 0 Å². The molecule has 0 saturated heterocycles. The van der Waals surface area contributed by atoms with Crippen molar-refractivity contribution in [2.45, 2.75) is 32.8 Å². The number of nitriles is 1. The summed E-state index contributed by atoms with van der Waals surface area (Å²) >= 11 is 1.34. The second-order valence-corrected chi connectivity index (χ2v) is 6.82. The number of benzene rings is 1. The van der Waals surface area contributed by atoms with Crippen molar-refractivity contribution in [2.75, 3.05) is 17.7 Å². The maximum atomic E-state index is 12.4. The number of fused-ring (bicyclic) bond motifs is 1. The lowest BCUT2D eigenvalue weighted by Crippen LogP contribution is -2.35. The van der Waals surface area contributed by atoms with E-state index in [9.17, 15) is 4.79 Å². The smallest absolute Gasteiger partial charge is 0.414 e. The lowest BCUT2D eigenvalue weighted by molar-refractivity contribution is 0.0584. The van der Waals surface area contributed by atoms with Crippen LogP contribution in [-0.2, 0) is 11.2 Å². The number of anilines is 1. The highest BCUT2D eigenvalue weighted by molar-refractivity contribution is 8.13. The van der Waals surface area contributed by atoms with E-state index in [1.807, 2.05) is 51.4 Å². The van der Waals surface area contributed by atoms with Gasteiger partial charge < -0.3 is 4.74 Å². The van der Waals surface area contributed by atoms with Gasteiger partial charge in [-0.3, -0.25) is 10.2 Å². The molecule has 1 aromatic carbocycles. The molecule has 0 unspecified atom stereocenters. The van der Waals surface area contributed by atoms with Crippen molar-refractivity contribution in [1.82, 2.24) is 5.32 Å². The SMILES string of the molecule is CSC(=Nc1cccc2c1N(C(=O)OC(C)(C)C)CC2)NC#N. The number of aliphatic imine (C=N–C) groups is 1. The minimum Gasteiger partial charge on any atom is -0.443 e. The molecule has 1 amide bonds. The van der Waals surface area contributed by atoms with Crippen molar-refractivity contribution in [3.05, 3.63) is 23.8 Å². The molecule has 0 radical (unpaired) electrons. The average molecular weight is 332 g/mol. The van der Waals surface area contributed by atoms with E-state index in [4.69, 9.17) is 10.00 Å². The van der Waals surface area contributed by atoms with Crippen LogP contribution >= 0.6 is 11.8 Å². The zero-order valence-corrected chi connectivity index (χ0v) is 14.5. The van der Waals surface area contributed by atoms with Gasteiger partial charge in [-0.25, -0.2) is 9.79 Å². The molecule has 0 aliphatic carbocycles. The second-order valence-electron chi connectivity index (χ2n) is 6.02. The Morgan fingerprint density at radius 1 is 1.48 bits per heavy atom. The Morgan fingerprint density at radius 2 is 2.22 bits per heavy atom. The number of para-hydroxylation sites is 1. The van der Waals surface area contributed by atoms with Crippen LogP contribution in [0.5, 0.6) is 0 Å². The molecule has 1 aliphatic heterocycles. The molecule has 0 fully saturated rings. The van der Waals surface area contributed by atoms with Gasteiger partial charge in [0, 0.05) is 6.54 Å². The first-order valence-electron chi connectivity index (χ1n) is 7.26. The van der Waals surface area contributed by atoms with Gasteiger partial charge in [0.2, 0.25) is 0 Å². The Kier molecular flexibility index (Phi) is 5.16. The van der Waals surface area contributed by atoms with Crippen LogP contribution in [0.1, 0.15) is 26.3 Å². The van der Waals surface area contributed by atoms with Gasteiger partial charge in [-0.05, 0) is 45.1 Å². The normalized spacial score (nSPS) is 14.2. The fourth-order valence-electron chi connectivity index (χ4n) is 2.31. The van der Waals surface area contributed by atoms with Gasteiger partial charge in [0.15, 0.2) is 11.4 Å². The van der Waals surface area contributed by atoms with E-state index in [0.29, 0.717) is 17.4 Å². The van der Waals surface area contributed by atoms with Gasteiger partial charge in [0.25, 0.3) is 0 Å². The third-order valence-electron chi connectivity index (χ3n) is 3.17. The van der Waals surface area contributed by atoms with Crippen molar-refractivity contribution >= 4 is 34.4 Å². The zero-order valence-electron chi connectivity index (χ0n) is 13.7. The highest BCUT2D eigenvalue weighted by atomic mass is 32.2. The predicted molar refractivity (Wildman–Crippen MR) is 93.1 cm³/mol. The Bertz CT molecular complexity index is 674. The minimum atomic E-state index is -0.551. The molecule has 6 nitrogen and oxygen atoms in total. The summed E-state index contributed by atoms with van der Waals surface area (Å²) < 4.78 is 5.48. The minimum absolute atomic E-state index is 0.377. The number of amidine groups is 1. The van der Waals surface area contributed by atoms with Crippen molar-refractivity contribution in [3.63, 3.8) is 0 Å². The van der Waals surface area contributed by atoms with E-state index in [2.05, 4.69) is 10.3 Å². The van der Waals surface area contributed by atoms with Gasteiger partial charge >= 0.3 is 6.09 Å². The molecule has 0 bridgehead atoms. The van der Waals surface area contributed by atoms with Crippen LogP contribution in [0.3, 0.4) is 0 Å². The fraction of sp³-hybridized carbons (Fsp3) is 0.438. The number of rotatable bonds is 1. The summed E-state index contributed by atoms with van der Waals surface area (Å²) in [5.41, 5.74) is 1.91. The van der Waals surface area contributed by atoms with Gasteiger partial charge in [-0.15, -0.1) is 0 Å². The van der Waals surface area contributed by atoms with Crippen LogP contribution < -0.4 is 10.2 Å². The van der Waals surface area contributed by atoms with Crippen LogP contribution in [0.15, 0.2) is 23.2 Å². The van der Waals surface area contributed by atoms with Crippen molar-refractivity contribution in [2.24, 2.45) is 4.99 Å². The number of carbonyl (C=O) groups excluding carboxylic acids is 1. The molecule has 1 N–H and O–H groups in total. The Morgan fingerprint density at radius 3 is 2.83 bits per heavy atom. The summed E-state index contributed by atoms with van der Waals surface area (Å²) in [5.74, 6) is 0. The number of amides is 1. The van der Waals surface area contributed by atoms with Crippen molar-refractivity contribution in [3.8, 4) is 6.19 Å². The Labute approximate surface area is 140 Å². The number of nitrogens with zero attached hydrogens (tertiary/aromatic N) is 3. The molecular weight excluding hydrogens is 312 g/mol. The molecule has 0 spiro atoms. The number of carbonyl (C=O) groups is 1. The zero-order chi connectivity index (χ0) is 17.0. The number of thioether (sulfide) groups is 1. The van der Waals surface area contributed by atoms with Crippen molar-refractivity contribution < 1.29 is 9.53 Å². The van der Waals surface area contributed by atoms with Gasteiger partial charge in [0.1, 0.15) is 5.60 Å². The highest BCUT2D eigenvalue weighted by Crippen LogP contribution is 2.38. The topological polar surface area (TPSA) is 77.7 Å². The Balaban J connectivity index is 2.38. The van der Waals surface area contributed by atoms with Crippen LogP contribution in [0.4, 0.5) is 16.2 Å². The summed E-state index contributed by atoms with van der Waals surface area (Å²) in [6.45, 7) is 6.09. The lowest BCUT2D eigenvalue weighted by Gasteiger charge is -2.25. The predicted octanol–water partition coefficient (Wildman–Crippen LogP) is 3.41. The van der Waals surface area contributed by atoms with Crippen LogP contribution in [0, 0.1) is 11.5 Å². The molecule has 1 heterocycles. The molecule has 0 atom stereocenters. The molecule has 0 aromatic heterocycles. The highest BCUT2D eigenvalue weighted by Gasteiger charge is 2.31. The monoisotopic (exact) mass is 332 g/mol. The lowest BCUT2D eigenvalue weighted by atomic mass is 10.1. The summed E-state index contributed by atoms with van der Waals surface area (Å²) in [5, 5.41) is 11.8. The summed E-state index contributed by atoms with van der Waals surface area (Å²) in [6.07, 6.45) is 4.08. The van der Waals surface area contributed by atoms with E-state index < -0.39 is 5.60 Å². The molecule has 23 heavy (non-hydrogen) atoms. The summed E-state index contributed by atoms with van der Waals surface area (Å²) in [4.78, 5) is 18.5. The van der Waals surface area contributed by atoms with Crippen LogP contribution in [0.2, 0.25) is 0 Å². The largest absolute Gasteiger partial charge is 0.443 e. The first-order valence-corrected chi connectivity index (χ1v) is 8.48. The maximum absolute atomic E-state index is 12.4. The second kappa shape index (κ2) is 6.92. The number of ether oxygens (including phenoxy) is 1. The number of hydrogen-bond acceptors (Lipinski definition) is 5. The fourth-order valence-corrected chi connectivity index (χ4v) is 2.64. The average Bonchev–Trinajstić information content (AvgIpc) is 2.90. The molecule has 1 aromatic rings. The van der Waals surface area contributed by atoms with E-state index in [1.54, 1.807) is 4.90 Å².